The van der Waals surface area contributed by atoms with Gasteiger partial charge in [0.2, 0.25) is 0 Å². The highest BCUT2D eigenvalue weighted by molar-refractivity contribution is 6.03. The Morgan fingerprint density at radius 1 is 0.903 bits per heavy atom. The Bertz CT molecular complexity index is 1280. The SMILES string of the molecule is Cc1ccc(C=NNC(=O)c2c(-c3ccccc3)c(-c3ccccc3)n[nH]c2=O)cc1. The van der Waals surface area contributed by atoms with E-state index >= 15 is 0 Å². The summed E-state index contributed by atoms with van der Waals surface area (Å²) in [6, 6.07) is 26.4. The molecule has 0 radical (unpaired) electrons. The molecule has 1 amide bonds. The van der Waals surface area contributed by atoms with E-state index in [1.165, 1.54) is 6.21 Å². The van der Waals surface area contributed by atoms with Crippen LogP contribution in [0.4, 0.5) is 0 Å². The van der Waals surface area contributed by atoms with E-state index in [1.54, 1.807) is 0 Å². The first-order valence-electron chi connectivity index (χ1n) is 9.77. The second kappa shape index (κ2) is 9.00. The van der Waals surface area contributed by atoms with E-state index in [-0.39, 0.29) is 5.56 Å². The lowest BCUT2D eigenvalue weighted by Gasteiger charge is -2.12. The van der Waals surface area contributed by atoms with Crippen molar-refractivity contribution in [2.24, 2.45) is 5.10 Å². The van der Waals surface area contributed by atoms with Crippen molar-refractivity contribution in [3.63, 3.8) is 0 Å². The number of carbonyl (C=O) groups excluding carboxylic acids is 1. The standard InChI is InChI=1S/C25H20N4O2/c1-17-12-14-18(15-13-17)16-26-28-24(30)22-21(19-8-4-2-5-9-19)23(27-29-25(22)31)20-10-6-3-7-11-20/h2-16H,1H3,(H,28,30)(H,29,31). The van der Waals surface area contributed by atoms with Gasteiger partial charge in [-0.1, -0.05) is 90.5 Å². The molecule has 2 N–H and O–H groups in total. The molecule has 0 aliphatic heterocycles. The van der Waals surface area contributed by atoms with Crippen LogP contribution in [0.2, 0.25) is 0 Å². The highest BCUT2D eigenvalue weighted by Gasteiger charge is 2.22. The molecular formula is C25H20N4O2. The molecular weight excluding hydrogens is 388 g/mol. The summed E-state index contributed by atoms with van der Waals surface area (Å²) in [5.41, 5.74) is 6.29. The quantitative estimate of drug-likeness (QED) is 0.384. The van der Waals surface area contributed by atoms with Gasteiger partial charge in [-0.25, -0.2) is 10.5 Å². The molecule has 4 aromatic rings. The van der Waals surface area contributed by atoms with Crippen molar-refractivity contribution in [3.05, 3.63) is 112 Å². The van der Waals surface area contributed by atoms with Crippen molar-refractivity contribution in [1.29, 1.82) is 0 Å². The van der Waals surface area contributed by atoms with Gasteiger partial charge < -0.3 is 0 Å². The number of aromatic nitrogens is 2. The summed E-state index contributed by atoms with van der Waals surface area (Å²) in [6.07, 6.45) is 1.53. The summed E-state index contributed by atoms with van der Waals surface area (Å²) < 4.78 is 0. The normalized spacial score (nSPS) is 10.9. The second-order valence-corrected chi connectivity index (χ2v) is 6.99. The van der Waals surface area contributed by atoms with Gasteiger partial charge in [0.1, 0.15) is 5.56 Å². The highest BCUT2D eigenvalue weighted by Crippen LogP contribution is 2.31. The molecule has 6 nitrogen and oxygen atoms in total. The van der Waals surface area contributed by atoms with Crippen LogP contribution in [0.15, 0.2) is 94.8 Å². The Morgan fingerprint density at radius 3 is 2.16 bits per heavy atom. The first-order valence-corrected chi connectivity index (χ1v) is 9.77. The van der Waals surface area contributed by atoms with Crippen LogP contribution in [0.5, 0.6) is 0 Å². The Kier molecular flexibility index (Phi) is 5.80. The maximum absolute atomic E-state index is 13.0. The largest absolute Gasteiger partial charge is 0.277 e. The average molecular weight is 408 g/mol. The fourth-order valence-corrected chi connectivity index (χ4v) is 3.23. The predicted octanol–water partition coefficient (Wildman–Crippen LogP) is 4.18. The Labute approximate surface area is 179 Å². The molecule has 0 aliphatic carbocycles. The number of H-pyrrole nitrogens is 1. The van der Waals surface area contributed by atoms with E-state index in [1.807, 2.05) is 91.9 Å². The number of carbonyl (C=O) groups is 1. The lowest BCUT2D eigenvalue weighted by molar-refractivity contribution is 0.0954. The number of benzene rings is 3. The van der Waals surface area contributed by atoms with Crippen molar-refractivity contribution < 1.29 is 4.79 Å². The fraction of sp³-hybridized carbons (Fsp3) is 0.0400. The minimum Gasteiger partial charge on any atom is -0.267 e. The van der Waals surface area contributed by atoms with Gasteiger partial charge in [0.25, 0.3) is 11.5 Å². The number of hydrogen-bond acceptors (Lipinski definition) is 4. The van der Waals surface area contributed by atoms with Crippen molar-refractivity contribution in [1.82, 2.24) is 15.6 Å². The molecule has 152 valence electrons. The van der Waals surface area contributed by atoms with Gasteiger partial charge in [0.15, 0.2) is 0 Å². The number of amides is 1. The van der Waals surface area contributed by atoms with Gasteiger partial charge in [-0.3, -0.25) is 9.59 Å². The number of hydrazone groups is 1. The van der Waals surface area contributed by atoms with E-state index in [0.717, 1.165) is 16.7 Å². The van der Waals surface area contributed by atoms with Gasteiger partial charge >= 0.3 is 0 Å². The maximum atomic E-state index is 13.0. The van der Waals surface area contributed by atoms with Crippen molar-refractivity contribution in [2.45, 2.75) is 6.92 Å². The van der Waals surface area contributed by atoms with Crippen molar-refractivity contribution in [3.8, 4) is 22.4 Å². The van der Waals surface area contributed by atoms with Crippen LogP contribution in [0.1, 0.15) is 21.5 Å². The predicted molar refractivity (Wildman–Crippen MR) is 122 cm³/mol. The Balaban J connectivity index is 1.76. The van der Waals surface area contributed by atoms with E-state index in [0.29, 0.717) is 16.8 Å². The molecule has 0 atom stereocenters. The topological polar surface area (TPSA) is 87.2 Å². The molecule has 1 aromatic heterocycles. The van der Waals surface area contributed by atoms with Crippen molar-refractivity contribution >= 4 is 12.1 Å². The van der Waals surface area contributed by atoms with Crippen molar-refractivity contribution in [2.75, 3.05) is 0 Å². The molecule has 0 aliphatic rings. The van der Waals surface area contributed by atoms with E-state index in [4.69, 9.17) is 0 Å². The summed E-state index contributed by atoms with van der Waals surface area (Å²) in [5.74, 6) is -0.608. The summed E-state index contributed by atoms with van der Waals surface area (Å²) in [4.78, 5) is 25.7. The minimum absolute atomic E-state index is 0.0406. The number of hydrogen-bond donors (Lipinski definition) is 2. The van der Waals surface area contributed by atoms with Crippen LogP contribution >= 0.6 is 0 Å². The maximum Gasteiger partial charge on any atom is 0.277 e. The third kappa shape index (κ3) is 4.48. The summed E-state index contributed by atoms with van der Waals surface area (Å²) >= 11 is 0. The van der Waals surface area contributed by atoms with Gasteiger partial charge in [0.05, 0.1) is 11.9 Å². The van der Waals surface area contributed by atoms with Crippen LogP contribution in [0.3, 0.4) is 0 Å². The molecule has 6 heteroatoms. The average Bonchev–Trinajstić information content (AvgIpc) is 2.81. The second-order valence-electron chi connectivity index (χ2n) is 6.99. The molecule has 4 rings (SSSR count). The number of aryl methyl sites for hydroxylation is 1. The molecule has 0 saturated carbocycles. The molecule has 0 spiro atoms. The monoisotopic (exact) mass is 408 g/mol. The van der Waals surface area contributed by atoms with Crippen LogP contribution in [-0.4, -0.2) is 22.3 Å². The summed E-state index contributed by atoms with van der Waals surface area (Å²) in [5, 5.41) is 10.7. The molecule has 0 fully saturated rings. The van der Waals surface area contributed by atoms with E-state index in [2.05, 4.69) is 20.7 Å². The zero-order valence-electron chi connectivity index (χ0n) is 16.9. The zero-order chi connectivity index (χ0) is 21.6. The van der Waals surface area contributed by atoms with Gasteiger partial charge in [-0.2, -0.15) is 10.2 Å². The highest BCUT2D eigenvalue weighted by atomic mass is 16.2. The van der Waals surface area contributed by atoms with Crippen LogP contribution in [0.25, 0.3) is 22.4 Å². The molecule has 31 heavy (non-hydrogen) atoms. The lowest BCUT2D eigenvalue weighted by Crippen LogP contribution is -2.28. The first-order chi connectivity index (χ1) is 15.1. The van der Waals surface area contributed by atoms with E-state index < -0.39 is 11.5 Å². The number of nitrogens with zero attached hydrogens (tertiary/aromatic N) is 2. The first kappa shape index (κ1) is 20.0. The van der Waals surface area contributed by atoms with E-state index in [9.17, 15) is 9.59 Å². The molecule has 0 saturated heterocycles. The lowest BCUT2D eigenvalue weighted by atomic mass is 9.95. The van der Waals surface area contributed by atoms with Crippen LogP contribution in [-0.2, 0) is 0 Å². The van der Waals surface area contributed by atoms with Crippen LogP contribution < -0.4 is 11.0 Å². The third-order valence-corrected chi connectivity index (χ3v) is 4.78. The number of nitrogens with one attached hydrogen (secondary N) is 2. The summed E-state index contributed by atoms with van der Waals surface area (Å²) in [6.45, 7) is 1.99. The number of rotatable bonds is 5. The smallest absolute Gasteiger partial charge is 0.267 e. The minimum atomic E-state index is -0.608. The molecule has 0 unspecified atom stereocenters. The van der Waals surface area contributed by atoms with Gasteiger partial charge in [-0.05, 0) is 18.1 Å². The summed E-state index contributed by atoms with van der Waals surface area (Å²) in [7, 11) is 0. The zero-order valence-corrected chi connectivity index (χ0v) is 16.9. The van der Waals surface area contributed by atoms with Gasteiger partial charge in [-0.15, -0.1) is 0 Å². The number of aromatic amines is 1. The Morgan fingerprint density at radius 2 is 1.52 bits per heavy atom. The Hall–Kier alpha value is -4.32. The molecule has 0 bridgehead atoms. The molecule has 3 aromatic carbocycles. The third-order valence-electron chi connectivity index (χ3n) is 4.78. The van der Waals surface area contributed by atoms with Gasteiger partial charge in [0, 0.05) is 11.1 Å². The fourth-order valence-electron chi connectivity index (χ4n) is 3.23. The molecule has 1 heterocycles. The van der Waals surface area contributed by atoms with Crippen LogP contribution in [0, 0.1) is 6.92 Å².